The number of nitrogens with zero attached hydrogens (tertiary/aromatic N) is 4. The number of carbonyl (C=O) groups excluding carboxylic acids is 1. The number of esters is 1. The van der Waals surface area contributed by atoms with Crippen molar-refractivity contribution >= 4 is 21.6 Å². The molecule has 0 saturated carbocycles. The summed E-state index contributed by atoms with van der Waals surface area (Å²) in [4.78, 5) is 15.6. The standard InChI is InChI=1S/C10H12N4O4S/c1-19(16,17)4-2-3-18-9(15)8-5-11-10-13-12-7-14(10)6-8/h5-7H,2-4H2,1H3. The third-order valence-corrected chi connectivity index (χ3v) is 3.31. The Hall–Kier alpha value is -2.03. The minimum Gasteiger partial charge on any atom is -0.462 e. The molecule has 2 rings (SSSR count). The van der Waals surface area contributed by atoms with Gasteiger partial charge in [0.1, 0.15) is 16.2 Å². The van der Waals surface area contributed by atoms with Gasteiger partial charge in [0.15, 0.2) is 0 Å². The molecule has 9 heteroatoms. The summed E-state index contributed by atoms with van der Waals surface area (Å²) in [7, 11) is -3.03. The van der Waals surface area contributed by atoms with Crippen molar-refractivity contribution in [2.75, 3.05) is 18.6 Å². The average Bonchev–Trinajstić information content (AvgIpc) is 2.80. The molecule has 0 radical (unpaired) electrons. The molecule has 2 aromatic rings. The van der Waals surface area contributed by atoms with Crippen LogP contribution in [-0.4, -0.2) is 52.6 Å². The van der Waals surface area contributed by atoms with Crippen LogP contribution in [0.5, 0.6) is 0 Å². The lowest BCUT2D eigenvalue weighted by Gasteiger charge is -2.04. The van der Waals surface area contributed by atoms with Crippen molar-refractivity contribution in [1.29, 1.82) is 0 Å². The SMILES string of the molecule is CS(=O)(=O)CCCOC(=O)c1cnc2nncn2c1. The van der Waals surface area contributed by atoms with Crippen molar-refractivity contribution < 1.29 is 17.9 Å². The van der Waals surface area contributed by atoms with Gasteiger partial charge in [0.25, 0.3) is 5.78 Å². The Bertz CT molecular complexity index is 694. The molecule has 0 aliphatic rings. The Kier molecular flexibility index (Phi) is 3.74. The van der Waals surface area contributed by atoms with E-state index in [4.69, 9.17) is 4.74 Å². The Morgan fingerprint density at radius 2 is 2.26 bits per heavy atom. The highest BCUT2D eigenvalue weighted by Crippen LogP contribution is 2.02. The lowest BCUT2D eigenvalue weighted by atomic mass is 10.3. The van der Waals surface area contributed by atoms with E-state index < -0.39 is 15.8 Å². The molecule has 0 N–H and O–H groups in total. The number of aromatic nitrogens is 4. The van der Waals surface area contributed by atoms with Crippen molar-refractivity contribution in [1.82, 2.24) is 19.6 Å². The minimum atomic E-state index is -3.03. The number of carbonyl (C=O) groups is 1. The number of ether oxygens (including phenoxy) is 1. The fourth-order valence-electron chi connectivity index (χ4n) is 1.41. The normalized spacial score (nSPS) is 11.6. The number of rotatable bonds is 5. The molecule has 0 bridgehead atoms. The van der Waals surface area contributed by atoms with E-state index in [-0.39, 0.29) is 24.3 Å². The van der Waals surface area contributed by atoms with Crippen LogP contribution in [0, 0.1) is 0 Å². The van der Waals surface area contributed by atoms with Crippen LogP contribution in [0.4, 0.5) is 0 Å². The highest BCUT2D eigenvalue weighted by atomic mass is 32.2. The summed E-state index contributed by atoms with van der Waals surface area (Å²) in [6, 6.07) is 0. The van der Waals surface area contributed by atoms with Crippen LogP contribution >= 0.6 is 0 Å². The maximum Gasteiger partial charge on any atom is 0.341 e. The molecule has 0 aliphatic heterocycles. The second-order valence-electron chi connectivity index (χ2n) is 4.00. The van der Waals surface area contributed by atoms with E-state index in [9.17, 15) is 13.2 Å². The van der Waals surface area contributed by atoms with Gasteiger partial charge in [-0.05, 0) is 6.42 Å². The number of fused-ring (bicyclic) bond motifs is 1. The first kappa shape index (κ1) is 13.4. The molecule has 0 aliphatic carbocycles. The lowest BCUT2D eigenvalue weighted by Crippen LogP contribution is -2.11. The van der Waals surface area contributed by atoms with Gasteiger partial charge >= 0.3 is 5.97 Å². The second kappa shape index (κ2) is 5.31. The van der Waals surface area contributed by atoms with E-state index in [0.717, 1.165) is 6.26 Å². The third kappa shape index (κ3) is 3.71. The zero-order valence-electron chi connectivity index (χ0n) is 10.2. The molecule has 19 heavy (non-hydrogen) atoms. The Morgan fingerprint density at radius 3 is 3.00 bits per heavy atom. The van der Waals surface area contributed by atoms with Crippen LogP contribution in [0.2, 0.25) is 0 Å². The van der Waals surface area contributed by atoms with Gasteiger partial charge in [-0.3, -0.25) is 4.40 Å². The zero-order valence-corrected chi connectivity index (χ0v) is 11.0. The van der Waals surface area contributed by atoms with Gasteiger partial charge in [-0.25, -0.2) is 18.2 Å². The summed E-state index contributed by atoms with van der Waals surface area (Å²) in [5, 5.41) is 7.34. The second-order valence-corrected chi connectivity index (χ2v) is 6.26. The molecule has 0 fully saturated rings. The van der Waals surface area contributed by atoms with Crippen molar-refractivity contribution in [2.24, 2.45) is 0 Å². The summed E-state index contributed by atoms with van der Waals surface area (Å²) < 4.78 is 28.2. The predicted octanol–water partition coefficient (Wildman–Crippen LogP) is -0.284. The first-order valence-electron chi connectivity index (χ1n) is 5.46. The summed E-state index contributed by atoms with van der Waals surface area (Å²) >= 11 is 0. The first-order valence-corrected chi connectivity index (χ1v) is 7.52. The molecule has 2 heterocycles. The summed E-state index contributed by atoms with van der Waals surface area (Å²) in [5.41, 5.74) is 0.256. The molecule has 0 aromatic carbocycles. The molecule has 0 spiro atoms. The van der Waals surface area contributed by atoms with Crippen LogP contribution in [0.1, 0.15) is 16.8 Å². The van der Waals surface area contributed by atoms with Crippen LogP contribution in [-0.2, 0) is 14.6 Å². The van der Waals surface area contributed by atoms with Crippen LogP contribution < -0.4 is 0 Å². The van der Waals surface area contributed by atoms with Gasteiger partial charge in [-0.2, -0.15) is 0 Å². The lowest BCUT2D eigenvalue weighted by molar-refractivity contribution is 0.0504. The van der Waals surface area contributed by atoms with E-state index >= 15 is 0 Å². The zero-order chi connectivity index (χ0) is 13.9. The Balaban J connectivity index is 1.92. The molecular formula is C10H12N4O4S. The van der Waals surface area contributed by atoms with Crippen molar-refractivity contribution in [3.8, 4) is 0 Å². The third-order valence-electron chi connectivity index (χ3n) is 2.28. The topological polar surface area (TPSA) is 104 Å². The van der Waals surface area contributed by atoms with Gasteiger partial charge in [-0.15, -0.1) is 10.2 Å². The van der Waals surface area contributed by atoms with E-state index in [1.54, 1.807) is 0 Å². The largest absolute Gasteiger partial charge is 0.462 e. The molecule has 2 aromatic heterocycles. The van der Waals surface area contributed by atoms with E-state index in [1.807, 2.05) is 0 Å². The van der Waals surface area contributed by atoms with E-state index in [0.29, 0.717) is 5.78 Å². The Labute approximate surface area is 109 Å². The van der Waals surface area contributed by atoms with Crippen LogP contribution in [0.3, 0.4) is 0 Å². The highest BCUT2D eigenvalue weighted by molar-refractivity contribution is 7.90. The number of hydrogen-bond donors (Lipinski definition) is 0. The fourth-order valence-corrected chi connectivity index (χ4v) is 2.05. The summed E-state index contributed by atoms with van der Waals surface area (Å²) in [5.74, 6) is -0.187. The van der Waals surface area contributed by atoms with Crippen molar-refractivity contribution in [3.63, 3.8) is 0 Å². The van der Waals surface area contributed by atoms with Gasteiger partial charge in [-0.1, -0.05) is 0 Å². The first-order chi connectivity index (χ1) is 8.96. The van der Waals surface area contributed by atoms with E-state index in [1.165, 1.54) is 23.1 Å². The van der Waals surface area contributed by atoms with Crippen molar-refractivity contribution in [3.05, 3.63) is 24.3 Å². The predicted molar refractivity (Wildman–Crippen MR) is 65.4 cm³/mol. The molecule has 0 saturated heterocycles. The monoisotopic (exact) mass is 284 g/mol. The van der Waals surface area contributed by atoms with Gasteiger partial charge in [0.05, 0.1) is 17.9 Å². The van der Waals surface area contributed by atoms with Crippen LogP contribution in [0.15, 0.2) is 18.7 Å². The van der Waals surface area contributed by atoms with Gasteiger partial charge < -0.3 is 4.74 Å². The minimum absolute atomic E-state index is 0.0109. The smallest absolute Gasteiger partial charge is 0.341 e. The number of sulfone groups is 1. The van der Waals surface area contributed by atoms with Gasteiger partial charge in [0, 0.05) is 18.6 Å². The molecule has 0 amide bonds. The Morgan fingerprint density at radius 1 is 1.47 bits per heavy atom. The highest BCUT2D eigenvalue weighted by Gasteiger charge is 2.10. The quantitative estimate of drug-likeness (QED) is 0.549. The van der Waals surface area contributed by atoms with Gasteiger partial charge in [0.2, 0.25) is 0 Å². The maximum atomic E-state index is 11.7. The average molecular weight is 284 g/mol. The number of hydrogen-bond acceptors (Lipinski definition) is 7. The summed E-state index contributed by atoms with van der Waals surface area (Å²) in [6.07, 6.45) is 5.67. The maximum absolute atomic E-state index is 11.7. The van der Waals surface area contributed by atoms with E-state index in [2.05, 4.69) is 15.2 Å². The van der Waals surface area contributed by atoms with Crippen LogP contribution in [0.25, 0.3) is 5.78 Å². The molecule has 0 atom stereocenters. The van der Waals surface area contributed by atoms with Crippen molar-refractivity contribution in [2.45, 2.75) is 6.42 Å². The molecular weight excluding hydrogens is 272 g/mol. The fraction of sp³-hybridized carbons (Fsp3) is 0.400. The molecule has 8 nitrogen and oxygen atoms in total. The summed E-state index contributed by atoms with van der Waals surface area (Å²) in [6.45, 7) is 0.0477. The molecule has 102 valence electrons. The molecule has 0 unspecified atom stereocenters.